The maximum absolute atomic E-state index is 13.1. The Labute approximate surface area is 196 Å². The lowest BCUT2D eigenvalue weighted by Gasteiger charge is -2.17. The topological polar surface area (TPSA) is 66.5 Å². The zero-order valence-electron chi connectivity index (χ0n) is 17.8. The van der Waals surface area contributed by atoms with Gasteiger partial charge in [0.2, 0.25) is 11.8 Å². The van der Waals surface area contributed by atoms with Crippen molar-refractivity contribution in [3.05, 3.63) is 100 Å². The number of nitrogens with zero attached hydrogens (tertiary/aromatic N) is 1. The van der Waals surface area contributed by atoms with Gasteiger partial charge in [0.25, 0.3) is 0 Å². The van der Waals surface area contributed by atoms with Crippen LogP contribution in [0, 0.1) is 11.7 Å². The lowest BCUT2D eigenvalue weighted by molar-refractivity contribution is -0.128. The molecule has 2 amide bonds. The monoisotopic (exact) mass is 464 g/mol. The molecular weight excluding hydrogens is 443 g/mol. The molecule has 7 heteroatoms. The molecule has 1 atom stereocenters. The van der Waals surface area contributed by atoms with Crippen LogP contribution in [0.25, 0.3) is 0 Å². The molecule has 168 valence electrons. The molecule has 1 N–H and O–H groups in total. The van der Waals surface area contributed by atoms with Crippen LogP contribution < -0.4 is 5.32 Å². The quantitative estimate of drug-likeness (QED) is 0.513. The molecule has 1 heterocycles. The first-order valence-electron chi connectivity index (χ1n) is 10.6. The number of carbonyl (C=O) groups excluding carboxylic acids is 3. The predicted molar refractivity (Wildman–Crippen MR) is 125 cm³/mol. The Kier molecular flexibility index (Phi) is 6.84. The molecular formula is C26H22ClFN2O3. The van der Waals surface area contributed by atoms with E-state index in [1.807, 2.05) is 6.07 Å². The molecule has 3 aromatic rings. The van der Waals surface area contributed by atoms with Crippen molar-refractivity contribution in [1.29, 1.82) is 0 Å². The Balaban J connectivity index is 1.43. The molecule has 1 saturated heterocycles. The number of hydrogen-bond acceptors (Lipinski definition) is 3. The van der Waals surface area contributed by atoms with Crippen LogP contribution in [0.4, 0.5) is 10.1 Å². The third-order valence-electron chi connectivity index (χ3n) is 5.69. The van der Waals surface area contributed by atoms with E-state index in [1.54, 1.807) is 53.4 Å². The van der Waals surface area contributed by atoms with Crippen LogP contribution in [0.1, 0.15) is 27.9 Å². The minimum absolute atomic E-state index is 0.102. The molecule has 3 aromatic carbocycles. The summed E-state index contributed by atoms with van der Waals surface area (Å²) in [6.45, 7) is 0.744. The van der Waals surface area contributed by atoms with Crippen LogP contribution in [0.3, 0.4) is 0 Å². The van der Waals surface area contributed by atoms with Gasteiger partial charge in [-0.25, -0.2) is 4.39 Å². The summed E-state index contributed by atoms with van der Waals surface area (Å²) in [5.74, 6) is -1.51. The summed E-state index contributed by atoms with van der Waals surface area (Å²) >= 11 is 6.11. The lowest BCUT2D eigenvalue weighted by Crippen LogP contribution is -2.30. The zero-order valence-corrected chi connectivity index (χ0v) is 18.5. The highest BCUT2D eigenvalue weighted by molar-refractivity contribution is 6.31. The summed E-state index contributed by atoms with van der Waals surface area (Å²) in [5, 5.41) is 3.20. The number of benzene rings is 3. The van der Waals surface area contributed by atoms with Crippen molar-refractivity contribution >= 4 is 34.9 Å². The number of carbonyl (C=O) groups is 3. The van der Waals surface area contributed by atoms with Gasteiger partial charge >= 0.3 is 0 Å². The van der Waals surface area contributed by atoms with E-state index >= 15 is 0 Å². The van der Waals surface area contributed by atoms with Gasteiger partial charge in [-0.2, -0.15) is 0 Å². The van der Waals surface area contributed by atoms with E-state index in [1.165, 1.54) is 18.2 Å². The van der Waals surface area contributed by atoms with Crippen LogP contribution in [0.5, 0.6) is 0 Å². The third-order valence-corrected chi connectivity index (χ3v) is 5.92. The predicted octanol–water partition coefficient (Wildman–Crippen LogP) is 4.74. The number of ketones is 1. The van der Waals surface area contributed by atoms with Crippen molar-refractivity contribution in [3.8, 4) is 0 Å². The van der Waals surface area contributed by atoms with Crippen LogP contribution in [-0.2, 0) is 16.0 Å². The second-order valence-electron chi connectivity index (χ2n) is 7.99. The van der Waals surface area contributed by atoms with Gasteiger partial charge in [0.1, 0.15) is 5.82 Å². The van der Waals surface area contributed by atoms with Crippen LogP contribution in [0.15, 0.2) is 72.8 Å². The largest absolute Gasteiger partial charge is 0.342 e. The van der Waals surface area contributed by atoms with Gasteiger partial charge in [-0.1, -0.05) is 54.1 Å². The molecule has 0 aliphatic carbocycles. The van der Waals surface area contributed by atoms with Gasteiger partial charge in [-0.05, 0) is 42.3 Å². The first-order chi connectivity index (χ1) is 15.9. The fourth-order valence-corrected chi connectivity index (χ4v) is 4.04. The Morgan fingerprint density at radius 2 is 1.76 bits per heavy atom. The van der Waals surface area contributed by atoms with Gasteiger partial charge < -0.3 is 10.2 Å². The van der Waals surface area contributed by atoms with Crippen molar-refractivity contribution in [2.45, 2.75) is 12.8 Å². The maximum Gasteiger partial charge on any atom is 0.229 e. The van der Waals surface area contributed by atoms with Crippen LogP contribution in [0.2, 0.25) is 5.02 Å². The molecule has 1 aliphatic rings. The molecule has 1 aliphatic heterocycles. The van der Waals surface area contributed by atoms with Gasteiger partial charge in [0, 0.05) is 35.7 Å². The average Bonchev–Trinajstić information content (AvgIpc) is 3.20. The summed E-state index contributed by atoms with van der Waals surface area (Å²) < 4.78 is 13.1. The number of amides is 2. The minimum atomic E-state index is -0.527. The Bertz CT molecular complexity index is 1180. The Hall–Kier alpha value is -3.51. The van der Waals surface area contributed by atoms with E-state index in [0.717, 1.165) is 5.56 Å². The van der Waals surface area contributed by atoms with Gasteiger partial charge in [-0.3, -0.25) is 14.4 Å². The zero-order chi connectivity index (χ0) is 23.4. The second-order valence-corrected chi connectivity index (χ2v) is 8.43. The van der Waals surface area contributed by atoms with E-state index in [9.17, 15) is 18.8 Å². The molecule has 0 saturated carbocycles. The van der Waals surface area contributed by atoms with Gasteiger partial charge in [-0.15, -0.1) is 0 Å². The van der Waals surface area contributed by atoms with Gasteiger partial charge in [0.15, 0.2) is 5.78 Å². The SMILES string of the molecule is O=C(c1ccccc1)c1cc(Cl)ccc1NC(=O)C1CC(=O)N(CCc2ccc(F)cc2)C1. The van der Waals surface area contributed by atoms with Crippen molar-refractivity contribution in [2.24, 2.45) is 5.92 Å². The average molecular weight is 465 g/mol. The fraction of sp³-hybridized carbons (Fsp3) is 0.192. The first-order valence-corrected chi connectivity index (χ1v) is 11.0. The van der Waals surface area contributed by atoms with E-state index in [0.29, 0.717) is 41.3 Å². The normalized spacial score (nSPS) is 15.5. The first kappa shape index (κ1) is 22.7. The van der Waals surface area contributed by atoms with Crippen molar-refractivity contribution in [1.82, 2.24) is 4.90 Å². The van der Waals surface area contributed by atoms with Crippen LogP contribution in [-0.4, -0.2) is 35.6 Å². The molecule has 0 bridgehead atoms. The molecule has 33 heavy (non-hydrogen) atoms. The third kappa shape index (κ3) is 5.46. The number of rotatable bonds is 7. The number of nitrogens with one attached hydrogen (secondary N) is 1. The number of likely N-dealkylation sites (tertiary alicyclic amines) is 1. The molecule has 1 fully saturated rings. The van der Waals surface area contributed by atoms with Crippen molar-refractivity contribution in [3.63, 3.8) is 0 Å². The second kappa shape index (κ2) is 9.96. The molecule has 0 spiro atoms. The number of hydrogen-bond donors (Lipinski definition) is 1. The van der Waals surface area contributed by atoms with Gasteiger partial charge in [0.05, 0.1) is 11.6 Å². The van der Waals surface area contributed by atoms with Crippen molar-refractivity contribution in [2.75, 3.05) is 18.4 Å². The standard InChI is InChI=1S/C26H22ClFN2O3/c27-20-8-11-23(22(15-20)25(32)18-4-2-1-3-5-18)29-26(33)19-14-24(31)30(16-19)13-12-17-6-9-21(28)10-7-17/h1-11,15,19H,12-14,16H2,(H,29,33). The molecule has 0 radical (unpaired) electrons. The van der Waals surface area contributed by atoms with E-state index < -0.39 is 5.92 Å². The molecule has 5 nitrogen and oxygen atoms in total. The summed E-state index contributed by atoms with van der Waals surface area (Å²) in [5.41, 5.74) is 2.05. The lowest BCUT2D eigenvalue weighted by atomic mass is 10.0. The Morgan fingerprint density at radius 3 is 2.48 bits per heavy atom. The highest BCUT2D eigenvalue weighted by atomic mass is 35.5. The van der Waals surface area contributed by atoms with Crippen LogP contribution >= 0.6 is 11.6 Å². The highest BCUT2D eigenvalue weighted by Crippen LogP contribution is 2.26. The number of anilines is 1. The van der Waals surface area contributed by atoms with E-state index in [4.69, 9.17) is 11.6 Å². The number of halogens is 2. The molecule has 0 aromatic heterocycles. The Morgan fingerprint density at radius 1 is 1.03 bits per heavy atom. The summed E-state index contributed by atoms with van der Waals surface area (Å²) in [6.07, 6.45) is 0.679. The summed E-state index contributed by atoms with van der Waals surface area (Å²) in [7, 11) is 0. The fourth-order valence-electron chi connectivity index (χ4n) is 3.87. The smallest absolute Gasteiger partial charge is 0.229 e. The maximum atomic E-state index is 13.1. The van der Waals surface area contributed by atoms with Crippen molar-refractivity contribution < 1.29 is 18.8 Å². The highest BCUT2D eigenvalue weighted by Gasteiger charge is 2.34. The van der Waals surface area contributed by atoms with E-state index in [2.05, 4.69) is 5.32 Å². The molecule has 4 rings (SSSR count). The minimum Gasteiger partial charge on any atom is -0.342 e. The molecule has 1 unspecified atom stereocenters. The summed E-state index contributed by atoms with van der Waals surface area (Å²) in [6, 6.07) is 19.6. The summed E-state index contributed by atoms with van der Waals surface area (Å²) in [4.78, 5) is 40.0. The van der Waals surface area contributed by atoms with E-state index in [-0.39, 0.29) is 29.8 Å².